The van der Waals surface area contributed by atoms with Gasteiger partial charge in [-0.3, -0.25) is 9.48 Å². The van der Waals surface area contributed by atoms with Crippen LogP contribution in [0, 0.1) is 6.92 Å². The van der Waals surface area contributed by atoms with Crippen molar-refractivity contribution < 1.29 is 9.90 Å². The monoisotopic (exact) mass is 197 g/mol. The van der Waals surface area contributed by atoms with E-state index in [0.29, 0.717) is 0 Å². The zero-order valence-corrected chi connectivity index (χ0v) is 8.56. The van der Waals surface area contributed by atoms with Crippen LogP contribution in [0.5, 0.6) is 0 Å². The van der Waals surface area contributed by atoms with Crippen molar-refractivity contribution in [3.63, 3.8) is 0 Å². The third kappa shape index (κ3) is 1.93. The summed E-state index contributed by atoms with van der Waals surface area (Å²) in [6, 6.07) is 0.970. The van der Waals surface area contributed by atoms with E-state index in [4.69, 9.17) is 10.8 Å². The molecule has 0 aliphatic carbocycles. The summed E-state index contributed by atoms with van der Waals surface area (Å²) in [7, 11) is 1.79. The van der Waals surface area contributed by atoms with Gasteiger partial charge in [0, 0.05) is 18.7 Å². The molecule has 0 aromatic carbocycles. The Balaban J connectivity index is 2.94. The maximum atomic E-state index is 10.7. The summed E-state index contributed by atoms with van der Waals surface area (Å²) >= 11 is 0. The minimum Gasteiger partial charge on any atom is -0.480 e. The highest BCUT2D eigenvalue weighted by molar-refractivity contribution is 5.74. The van der Waals surface area contributed by atoms with E-state index in [1.807, 2.05) is 13.0 Å². The van der Waals surface area contributed by atoms with Gasteiger partial charge in [0.1, 0.15) is 6.04 Å². The number of carboxylic acid groups (broad SMARTS) is 1. The van der Waals surface area contributed by atoms with Crippen LogP contribution in [-0.2, 0) is 11.8 Å². The summed E-state index contributed by atoms with van der Waals surface area (Å²) in [6.45, 7) is 3.65. The zero-order chi connectivity index (χ0) is 10.9. The lowest BCUT2D eigenvalue weighted by Gasteiger charge is -2.15. The summed E-state index contributed by atoms with van der Waals surface area (Å²) in [6.07, 6.45) is 0. The molecule has 0 saturated heterocycles. The van der Waals surface area contributed by atoms with Gasteiger partial charge < -0.3 is 10.8 Å². The van der Waals surface area contributed by atoms with E-state index >= 15 is 0 Å². The fourth-order valence-electron chi connectivity index (χ4n) is 1.45. The molecule has 5 nitrogen and oxygen atoms in total. The smallest absolute Gasteiger partial charge is 0.321 e. The lowest BCUT2D eigenvalue weighted by molar-refractivity contribution is -0.139. The molecule has 0 radical (unpaired) electrons. The van der Waals surface area contributed by atoms with Gasteiger partial charge in [-0.15, -0.1) is 0 Å². The Labute approximate surface area is 82.5 Å². The van der Waals surface area contributed by atoms with Gasteiger partial charge in [-0.25, -0.2) is 0 Å². The average molecular weight is 197 g/mol. The van der Waals surface area contributed by atoms with E-state index in [-0.39, 0.29) is 5.92 Å². The molecule has 78 valence electrons. The number of hydrogen-bond acceptors (Lipinski definition) is 3. The summed E-state index contributed by atoms with van der Waals surface area (Å²) in [5.74, 6) is -1.23. The number of aryl methyl sites for hydroxylation is 2. The Morgan fingerprint density at radius 1 is 1.71 bits per heavy atom. The van der Waals surface area contributed by atoms with Crippen molar-refractivity contribution in [3.05, 3.63) is 17.5 Å². The van der Waals surface area contributed by atoms with Gasteiger partial charge in [-0.05, 0) is 13.0 Å². The third-order valence-electron chi connectivity index (χ3n) is 2.33. The molecule has 0 aliphatic heterocycles. The summed E-state index contributed by atoms with van der Waals surface area (Å²) in [5.41, 5.74) is 7.24. The van der Waals surface area contributed by atoms with E-state index in [0.717, 1.165) is 11.4 Å². The number of aliphatic carboxylic acids is 1. The minimum atomic E-state index is -0.989. The molecule has 14 heavy (non-hydrogen) atoms. The molecule has 1 rings (SSSR count). The molecule has 1 aromatic rings. The van der Waals surface area contributed by atoms with Crippen LogP contribution in [-0.4, -0.2) is 26.9 Å². The van der Waals surface area contributed by atoms with E-state index < -0.39 is 12.0 Å². The Kier molecular flexibility index (Phi) is 2.90. The quantitative estimate of drug-likeness (QED) is 0.727. The maximum absolute atomic E-state index is 10.7. The van der Waals surface area contributed by atoms with E-state index in [1.54, 1.807) is 18.7 Å². The fourth-order valence-corrected chi connectivity index (χ4v) is 1.45. The third-order valence-corrected chi connectivity index (χ3v) is 2.33. The topological polar surface area (TPSA) is 81.1 Å². The highest BCUT2D eigenvalue weighted by atomic mass is 16.4. The van der Waals surface area contributed by atoms with Gasteiger partial charge in [0.25, 0.3) is 0 Å². The van der Waals surface area contributed by atoms with Crippen molar-refractivity contribution in [3.8, 4) is 0 Å². The predicted molar refractivity (Wildman–Crippen MR) is 52.0 cm³/mol. The second-order valence-corrected chi connectivity index (χ2v) is 3.49. The molecular formula is C9H15N3O2. The fraction of sp³-hybridized carbons (Fsp3) is 0.556. The number of rotatable bonds is 3. The van der Waals surface area contributed by atoms with E-state index in [2.05, 4.69) is 5.10 Å². The molecule has 1 aromatic heterocycles. The molecular weight excluding hydrogens is 182 g/mol. The first kappa shape index (κ1) is 10.7. The summed E-state index contributed by atoms with van der Waals surface area (Å²) in [4.78, 5) is 10.7. The Bertz CT molecular complexity index is 346. The molecule has 2 unspecified atom stereocenters. The minimum absolute atomic E-state index is 0.237. The van der Waals surface area contributed by atoms with Gasteiger partial charge in [-0.2, -0.15) is 5.10 Å². The summed E-state index contributed by atoms with van der Waals surface area (Å²) < 4.78 is 1.67. The first-order chi connectivity index (χ1) is 6.43. The summed E-state index contributed by atoms with van der Waals surface area (Å²) in [5, 5.41) is 12.9. The largest absolute Gasteiger partial charge is 0.480 e. The van der Waals surface area contributed by atoms with Gasteiger partial charge >= 0.3 is 5.97 Å². The lowest BCUT2D eigenvalue weighted by Crippen LogP contribution is -2.36. The number of hydrogen-bond donors (Lipinski definition) is 2. The molecule has 2 atom stereocenters. The van der Waals surface area contributed by atoms with Crippen molar-refractivity contribution >= 4 is 5.97 Å². The van der Waals surface area contributed by atoms with Crippen LogP contribution < -0.4 is 5.73 Å². The normalized spacial score (nSPS) is 15.1. The average Bonchev–Trinajstić information content (AvgIpc) is 2.42. The molecule has 0 bridgehead atoms. The lowest BCUT2D eigenvalue weighted by atomic mass is 9.99. The molecule has 0 aliphatic rings. The standard InChI is InChI=1S/C9H15N3O2/c1-5-4-7(12(3)11-5)6(2)8(10)9(13)14/h4,6,8H,10H2,1-3H3,(H,13,14). The first-order valence-electron chi connectivity index (χ1n) is 4.42. The molecule has 5 heteroatoms. The molecule has 3 N–H and O–H groups in total. The Hall–Kier alpha value is -1.36. The molecule has 0 saturated carbocycles. The van der Waals surface area contributed by atoms with Gasteiger partial charge in [0.05, 0.1) is 5.69 Å². The van der Waals surface area contributed by atoms with Crippen molar-refractivity contribution in [1.82, 2.24) is 9.78 Å². The second-order valence-electron chi connectivity index (χ2n) is 3.49. The first-order valence-corrected chi connectivity index (χ1v) is 4.42. The van der Waals surface area contributed by atoms with Gasteiger partial charge in [-0.1, -0.05) is 6.92 Å². The second kappa shape index (κ2) is 3.79. The number of aromatic nitrogens is 2. The van der Waals surface area contributed by atoms with Gasteiger partial charge in [0.2, 0.25) is 0 Å². The van der Waals surface area contributed by atoms with Crippen LogP contribution in [0.2, 0.25) is 0 Å². The molecule has 1 heterocycles. The zero-order valence-electron chi connectivity index (χ0n) is 8.56. The van der Waals surface area contributed by atoms with Crippen LogP contribution in [0.3, 0.4) is 0 Å². The van der Waals surface area contributed by atoms with Crippen molar-refractivity contribution in [2.75, 3.05) is 0 Å². The number of carboxylic acids is 1. The number of nitrogens with zero attached hydrogens (tertiary/aromatic N) is 2. The Morgan fingerprint density at radius 3 is 2.64 bits per heavy atom. The Morgan fingerprint density at radius 2 is 2.29 bits per heavy atom. The van der Waals surface area contributed by atoms with Crippen molar-refractivity contribution in [1.29, 1.82) is 0 Å². The van der Waals surface area contributed by atoms with Crippen molar-refractivity contribution in [2.24, 2.45) is 12.8 Å². The van der Waals surface area contributed by atoms with Crippen LogP contribution in [0.15, 0.2) is 6.07 Å². The van der Waals surface area contributed by atoms with Crippen LogP contribution >= 0.6 is 0 Å². The van der Waals surface area contributed by atoms with E-state index in [9.17, 15) is 4.79 Å². The van der Waals surface area contributed by atoms with Gasteiger partial charge in [0.15, 0.2) is 0 Å². The number of carbonyl (C=O) groups is 1. The predicted octanol–water partition coefficient (Wildman–Crippen LogP) is 0.244. The number of nitrogens with two attached hydrogens (primary N) is 1. The van der Waals surface area contributed by atoms with Crippen molar-refractivity contribution in [2.45, 2.75) is 25.8 Å². The SMILES string of the molecule is Cc1cc(C(C)C(N)C(=O)O)n(C)n1. The highest BCUT2D eigenvalue weighted by Crippen LogP contribution is 2.18. The van der Waals surface area contributed by atoms with Crippen LogP contribution in [0.4, 0.5) is 0 Å². The van der Waals surface area contributed by atoms with Crippen LogP contribution in [0.1, 0.15) is 24.2 Å². The molecule has 0 spiro atoms. The maximum Gasteiger partial charge on any atom is 0.321 e. The highest BCUT2D eigenvalue weighted by Gasteiger charge is 2.24. The van der Waals surface area contributed by atoms with E-state index in [1.165, 1.54) is 0 Å². The van der Waals surface area contributed by atoms with Crippen LogP contribution in [0.25, 0.3) is 0 Å². The molecule has 0 fully saturated rings. The molecule has 0 amide bonds.